The van der Waals surface area contributed by atoms with Gasteiger partial charge in [0.05, 0.1) is 0 Å². The molecular weight excluding hydrogens is 364 g/mol. The standard InChI is InChI=1S/C19H20N4OS2/c1-14-7-9-15(10-8-14)18-21-22-19(25)23(18)13-17(24)20-11-12-26-16-5-3-2-4-6-16/h2-10H,11-13H2,1H3,(H,20,24)(H,22,25). The molecule has 0 saturated carbocycles. The molecule has 0 aliphatic carbocycles. The van der Waals surface area contributed by atoms with E-state index in [-0.39, 0.29) is 12.5 Å². The van der Waals surface area contributed by atoms with E-state index in [4.69, 9.17) is 12.2 Å². The summed E-state index contributed by atoms with van der Waals surface area (Å²) in [5, 5.41) is 9.98. The molecule has 0 saturated heterocycles. The molecule has 2 aromatic carbocycles. The fraction of sp³-hybridized carbons (Fsp3) is 0.211. The van der Waals surface area contributed by atoms with Crippen LogP contribution in [0.4, 0.5) is 0 Å². The number of amides is 1. The van der Waals surface area contributed by atoms with Crippen molar-refractivity contribution in [3.05, 3.63) is 64.9 Å². The number of aromatic amines is 1. The Labute approximate surface area is 161 Å². The van der Waals surface area contributed by atoms with E-state index in [0.29, 0.717) is 17.1 Å². The van der Waals surface area contributed by atoms with Gasteiger partial charge in [0.2, 0.25) is 5.91 Å². The van der Waals surface area contributed by atoms with E-state index in [2.05, 4.69) is 27.6 Å². The maximum absolute atomic E-state index is 12.3. The van der Waals surface area contributed by atoms with Crippen molar-refractivity contribution in [2.45, 2.75) is 18.4 Å². The van der Waals surface area contributed by atoms with E-state index in [1.807, 2.05) is 49.4 Å². The van der Waals surface area contributed by atoms with Crippen LogP contribution in [0.25, 0.3) is 11.4 Å². The summed E-state index contributed by atoms with van der Waals surface area (Å²) in [6.07, 6.45) is 0. The van der Waals surface area contributed by atoms with Gasteiger partial charge in [0.1, 0.15) is 6.54 Å². The monoisotopic (exact) mass is 384 g/mol. The van der Waals surface area contributed by atoms with Crippen molar-refractivity contribution in [3.8, 4) is 11.4 Å². The third-order valence-corrected chi connectivity index (χ3v) is 5.13. The first kappa shape index (κ1) is 18.4. The quantitative estimate of drug-likeness (QED) is 0.369. The first-order valence-electron chi connectivity index (χ1n) is 8.30. The van der Waals surface area contributed by atoms with Crippen molar-refractivity contribution in [1.29, 1.82) is 0 Å². The zero-order valence-corrected chi connectivity index (χ0v) is 16.1. The van der Waals surface area contributed by atoms with Gasteiger partial charge in [-0.25, -0.2) is 0 Å². The van der Waals surface area contributed by atoms with Crippen LogP contribution in [0.3, 0.4) is 0 Å². The molecule has 0 aliphatic heterocycles. The lowest BCUT2D eigenvalue weighted by Crippen LogP contribution is -2.29. The van der Waals surface area contributed by atoms with Crippen LogP contribution in [-0.4, -0.2) is 33.0 Å². The molecule has 0 fully saturated rings. The number of nitrogens with zero attached hydrogens (tertiary/aromatic N) is 2. The van der Waals surface area contributed by atoms with Crippen LogP contribution in [-0.2, 0) is 11.3 Å². The number of carbonyl (C=O) groups is 1. The number of hydrogen-bond donors (Lipinski definition) is 2. The number of aryl methyl sites for hydroxylation is 1. The van der Waals surface area contributed by atoms with Gasteiger partial charge in [0.15, 0.2) is 10.6 Å². The summed E-state index contributed by atoms with van der Waals surface area (Å²) >= 11 is 6.99. The van der Waals surface area contributed by atoms with Crippen molar-refractivity contribution in [2.75, 3.05) is 12.3 Å². The average molecular weight is 385 g/mol. The Hall–Kier alpha value is -2.38. The van der Waals surface area contributed by atoms with Crippen molar-refractivity contribution in [3.63, 3.8) is 0 Å². The summed E-state index contributed by atoms with van der Waals surface area (Å²) in [6, 6.07) is 18.1. The van der Waals surface area contributed by atoms with Gasteiger partial charge in [-0.3, -0.25) is 14.5 Å². The molecule has 0 aliphatic rings. The normalized spacial score (nSPS) is 10.7. The first-order valence-corrected chi connectivity index (χ1v) is 9.69. The van der Waals surface area contributed by atoms with Crippen molar-refractivity contribution in [1.82, 2.24) is 20.1 Å². The Kier molecular flexibility index (Phi) is 6.25. The fourth-order valence-electron chi connectivity index (χ4n) is 2.46. The third-order valence-electron chi connectivity index (χ3n) is 3.81. The highest BCUT2D eigenvalue weighted by Gasteiger charge is 2.12. The molecular formula is C19H20N4OS2. The number of thioether (sulfide) groups is 1. The predicted octanol–water partition coefficient (Wildman–Crippen LogP) is 3.82. The molecule has 26 heavy (non-hydrogen) atoms. The van der Waals surface area contributed by atoms with E-state index in [0.717, 1.165) is 11.3 Å². The molecule has 3 rings (SSSR count). The van der Waals surface area contributed by atoms with Crippen LogP contribution < -0.4 is 5.32 Å². The van der Waals surface area contributed by atoms with Crippen LogP contribution in [0.1, 0.15) is 5.56 Å². The number of rotatable bonds is 7. The smallest absolute Gasteiger partial charge is 0.240 e. The highest BCUT2D eigenvalue weighted by Crippen LogP contribution is 2.18. The summed E-state index contributed by atoms with van der Waals surface area (Å²) in [4.78, 5) is 13.5. The molecule has 0 unspecified atom stereocenters. The number of carbonyl (C=O) groups excluding carboxylic acids is 1. The lowest BCUT2D eigenvalue weighted by molar-refractivity contribution is -0.121. The van der Waals surface area contributed by atoms with Gasteiger partial charge in [-0.15, -0.1) is 11.8 Å². The summed E-state index contributed by atoms with van der Waals surface area (Å²) in [7, 11) is 0. The largest absolute Gasteiger partial charge is 0.354 e. The minimum Gasteiger partial charge on any atom is -0.354 e. The lowest BCUT2D eigenvalue weighted by atomic mass is 10.1. The maximum Gasteiger partial charge on any atom is 0.240 e. The number of H-pyrrole nitrogens is 1. The predicted molar refractivity (Wildman–Crippen MR) is 108 cm³/mol. The molecule has 0 spiro atoms. The SMILES string of the molecule is Cc1ccc(-c2n[nH]c(=S)n2CC(=O)NCCSc2ccccc2)cc1. The van der Waals surface area contributed by atoms with Crippen LogP contribution in [0.2, 0.25) is 0 Å². The van der Waals surface area contributed by atoms with E-state index < -0.39 is 0 Å². The molecule has 3 aromatic rings. The van der Waals surface area contributed by atoms with Gasteiger partial charge in [0.25, 0.3) is 0 Å². The minimum absolute atomic E-state index is 0.0791. The molecule has 0 radical (unpaired) electrons. The van der Waals surface area contributed by atoms with Gasteiger partial charge in [-0.2, -0.15) is 5.10 Å². The number of benzene rings is 2. The summed E-state index contributed by atoms with van der Waals surface area (Å²) in [5.74, 6) is 1.41. The molecule has 1 heterocycles. The van der Waals surface area contributed by atoms with Crippen LogP contribution in [0, 0.1) is 11.7 Å². The molecule has 5 nitrogen and oxygen atoms in total. The molecule has 1 aromatic heterocycles. The van der Waals surface area contributed by atoms with Gasteiger partial charge >= 0.3 is 0 Å². The Balaban J connectivity index is 1.57. The molecule has 0 atom stereocenters. The minimum atomic E-state index is -0.0791. The second kappa shape index (κ2) is 8.82. The van der Waals surface area contributed by atoms with E-state index in [9.17, 15) is 4.79 Å². The zero-order chi connectivity index (χ0) is 18.4. The number of aromatic nitrogens is 3. The second-order valence-corrected chi connectivity index (χ2v) is 7.37. The Morgan fingerprint density at radius 3 is 2.65 bits per heavy atom. The highest BCUT2D eigenvalue weighted by atomic mass is 32.2. The molecule has 7 heteroatoms. The van der Waals surface area contributed by atoms with Crippen molar-refractivity contribution >= 4 is 29.9 Å². The fourth-order valence-corrected chi connectivity index (χ4v) is 3.45. The van der Waals surface area contributed by atoms with Crippen LogP contribution in [0.15, 0.2) is 59.5 Å². The summed E-state index contributed by atoms with van der Waals surface area (Å²) < 4.78 is 2.16. The summed E-state index contributed by atoms with van der Waals surface area (Å²) in [5.41, 5.74) is 2.10. The van der Waals surface area contributed by atoms with Crippen LogP contribution in [0.5, 0.6) is 0 Å². The van der Waals surface area contributed by atoms with Gasteiger partial charge in [-0.1, -0.05) is 48.0 Å². The topological polar surface area (TPSA) is 62.7 Å². The van der Waals surface area contributed by atoms with E-state index >= 15 is 0 Å². The molecule has 134 valence electrons. The van der Waals surface area contributed by atoms with Crippen LogP contribution >= 0.6 is 24.0 Å². The van der Waals surface area contributed by atoms with Gasteiger partial charge in [0, 0.05) is 22.8 Å². The van der Waals surface area contributed by atoms with Gasteiger partial charge < -0.3 is 5.32 Å². The lowest BCUT2D eigenvalue weighted by Gasteiger charge is -2.08. The number of nitrogens with one attached hydrogen (secondary N) is 2. The Morgan fingerprint density at radius 2 is 1.92 bits per heavy atom. The third kappa shape index (κ3) is 4.83. The first-order chi connectivity index (χ1) is 12.6. The van der Waals surface area contributed by atoms with E-state index in [1.165, 1.54) is 10.5 Å². The molecule has 1 amide bonds. The van der Waals surface area contributed by atoms with Crippen molar-refractivity contribution in [2.24, 2.45) is 0 Å². The second-order valence-electron chi connectivity index (χ2n) is 5.82. The molecule has 2 N–H and O–H groups in total. The Bertz CT molecular complexity index is 917. The zero-order valence-electron chi connectivity index (χ0n) is 14.4. The maximum atomic E-state index is 12.3. The van der Waals surface area contributed by atoms with Gasteiger partial charge in [-0.05, 0) is 31.3 Å². The average Bonchev–Trinajstić information content (AvgIpc) is 3.01. The van der Waals surface area contributed by atoms with E-state index in [1.54, 1.807) is 16.3 Å². The number of hydrogen-bond acceptors (Lipinski definition) is 4. The Morgan fingerprint density at radius 1 is 1.19 bits per heavy atom. The van der Waals surface area contributed by atoms with Crippen molar-refractivity contribution < 1.29 is 4.79 Å². The highest BCUT2D eigenvalue weighted by molar-refractivity contribution is 7.99. The summed E-state index contributed by atoms with van der Waals surface area (Å²) in [6.45, 7) is 2.78. The molecule has 0 bridgehead atoms.